The highest BCUT2D eigenvalue weighted by Crippen LogP contribution is 2.36. The van der Waals surface area contributed by atoms with Gasteiger partial charge in [-0.05, 0) is 30.6 Å². The highest BCUT2D eigenvalue weighted by Gasteiger charge is 2.24. The summed E-state index contributed by atoms with van der Waals surface area (Å²) in [6, 6.07) is 0. The Balaban J connectivity index is 2.34. The molecule has 0 aromatic heterocycles. The number of hydrogen-bond acceptors (Lipinski definition) is 0. The summed E-state index contributed by atoms with van der Waals surface area (Å²) in [5, 5.41) is 0. The van der Waals surface area contributed by atoms with Crippen LogP contribution in [-0.4, -0.2) is 0 Å². The van der Waals surface area contributed by atoms with Crippen LogP contribution in [0.5, 0.6) is 0 Å². The van der Waals surface area contributed by atoms with E-state index in [9.17, 15) is 0 Å². The van der Waals surface area contributed by atoms with Gasteiger partial charge in [-0.3, -0.25) is 0 Å². The van der Waals surface area contributed by atoms with Gasteiger partial charge in [0.1, 0.15) is 0 Å². The normalized spacial score (nSPS) is 39.0. The van der Waals surface area contributed by atoms with Gasteiger partial charge in [0.2, 0.25) is 0 Å². The molecule has 0 N–H and O–H groups in total. The van der Waals surface area contributed by atoms with Crippen molar-refractivity contribution in [2.24, 2.45) is 17.8 Å². The van der Waals surface area contributed by atoms with Gasteiger partial charge in [0.05, 0.1) is 0 Å². The molecule has 0 aromatic rings. The fourth-order valence-electron chi connectivity index (χ4n) is 2.55. The second kappa shape index (κ2) is 4.13. The lowest BCUT2D eigenvalue weighted by molar-refractivity contribution is 0.186. The summed E-state index contributed by atoms with van der Waals surface area (Å²) < 4.78 is 0. The molecule has 0 aromatic carbocycles. The highest BCUT2D eigenvalue weighted by molar-refractivity contribution is 4.76. The van der Waals surface area contributed by atoms with Crippen LogP contribution in [0.3, 0.4) is 0 Å². The van der Waals surface area contributed by atoms with Gasteiger partial charge in [-0.15, -0.1) is 0 Å². The molecule has 1 aliphatic rings. The van der Waals surface area contributed by atoms with E-state index in [2.05, 4.69) is 20.8 Å². The van der Waals surface area contributed by atoms with Crippen LogP contribution in [-0.2, 0) is 0 Å². The van der Waals surface area contributed by atoms with Crippen LogP contribution in [0.25, 0.3) is 0 Å². The van der Waals surface area contributed by atoms with E-state index in [1.807, 2.05) is 0 Å². The summed E-state index contributed by atoms with van der Waals surface area (Å²) >= 11 is 0. The zero-order chi connectivity index (χ0) is 8.27. The Morgan fingerprint density at radius 3 is 2.27 bits per heavy atom. The van der Waals surface area contributed by atoms with Crippen molar-refractivity contribution in [3.05, 3.63) is 0 Å². The smallest absolute Gasteiger partial charge is 0.0391 e. The quantitative estimate of drug-likeness (QED) is 0.566. The van der Waals surface area contributed by atoms with Gasteiger partial charge in [0.15, 0.2) is 0 Å². The Kier molecular flexibility index (Phi) is 3.42. The van der Waals surface area contributed by atoms with Crippen LogP contribution >= 0.6 is 0 Å². The van der Waals surface area contributed by atoms with Crippen molar-refractivity contribution in [1.82, 2.24) is 0 Å². The fraction of sp³-hybridized carbons (Fsp3) is 1.00. The summed E-state index contributed by atoms with van der Waals surface area (Å²) in [6.07, 6.45) is 7.29. The predicted octanol–water partition coefficient (Wildman–Crippen LogP) is 3.86. The van der Waals surface area contributed by atoms with Crippen molar-refractivity contribution in [1.29, 1.82) is 0 Å². The van der Waals surface area contributed by atoms with Crippen LogP contribution in [0.4, 0.5) is 0 Å². The fourth-order valence-corrected chi connectivity index (χ4v) is 2.55. The molecular weight excluding hydrogens is 132 g/mol. The Morgan fingerprint density at radius 2 is 1.82 bits per heavy atom. The Hall–Kier alpha value is 0. The molecule has 11 heavy (non-hydrogen) atoms. The Morgan fingerprint density at radius 1 is 1.09 bits per heavy atom. The summed E-state index contributed by atoms with van der Waals surface area (Å²) in [6.45, 7) is 7.12. The average molecular weight is 154 g/mol. The van der Waals surface area contributed by atoms with Gasteiger partial charge in [0.25, 0.3) is 0 Å². The van der Waals surface area contributed by atoms with E-state index in [-0.39, 0.29) is 0 Å². The van der Waals surface area contributed by atoms with Crippen LogP contribution in [0, 0.1) is 17.8 Å². The topological polar surface area (TPSA) is 0 Å². The van der Waals surface area contributed by atoms with Gasteiger partial charge < -0.3 is 0 Å². The first-order valence-corrected chi connectivity index (χ1v) is 5.27. The van der Waals surface area contributed by atoms with Crippen LogP contribution in [0.1, 0.15) is 52.9 Å². The van der Waals surface area contributed by atoms with E-state index in [0.29, 0.717) is 0 Å². The van der Waals surface area contributed by atoms with Gasteiger partial charge in [0, 0.05) is 0 Å². The van der Waals surface area contributed by atoms with E-state index in [1.54, 1.807) is 0 Å². The molecule has 3 atom stereocenters. The molecule has 0 saturated heterocycles. The van der Waals surface area contributed by atoms with Crippen molar-refractivity contribution < 1.29 is 0 Å². The van der Waals surface area contributed by atoms with Crippen molar-refractivity contribution in [3.63, 3.8) is 0 Å². The first kappa shape index (κ1) is 9.09. The van der Waals surface area contributed by atoms with E-state index < -0.39 is 0 Å². The van der Waals surface area contributed by atoms with Crippen LogP contribution < -0.4 is 0 Å². The van der Waals surface area contributed by atoms with Gasteiger partial charge in [-0.2, -0.15) is 0 Å². The summed E-state index contributed by atoms with van der Waals surface area (Å²) in [7, 11) is 0. The average Bonchev–Trinajstić information content (AvgIpc) is 2.04. The number of rotatable bonds is 2. The Labute approximate surface area is 71.4 Å². The molecule has 0 bridgehead atoms. The molecule has 1 aliphatic carbocycles. The molecule has 1 rings (SSSR count). The van der Waals surface area contributed by atoms with Gasteiger partial charge >= 0.3 is 0 Å². The molecule has 1 fully saturated rings. The lowest BCUT2D eigenvalue weighted by Gasteiger charge is -2.33. The third-order valence-corrected chi connectivity index (χ3v) is 3.56. The van der Waals surface area contributed by atoms with Crippen LogP contribution in [0.2, 0.25) is 0 Å². The minimum atomic E-state index is 0.999. The highest BCUT2D eigenvalue weighted by atomic mass is 14.3. The zero-order valence-corrected chi connectivity index (χ0v) is 8.27. The molecule has 0 aliphatic heterocycles. The Bertz CT molecular complexity index is 107. The molecule has 0 nitrogen and oxygen atoms in total. The van der Waals surface area contributed by atoms with Crippen molar-refractivity contribution in [2.45, 2.75) is 52.9 Å². The molecular formula is C11H22. The maximum Gasteiger partial charge on any atom is -0.0391 e. The van der Waals surface area contributed by atoms with Crippen molar-refractivity contribution in [3.8, 4) is 0 Å². The lowest BCUT2D eigenvalue weighted by Crippen LogP contribution is -2.21. The van der Waals surface area contributed by atoms with Gasteiger partial charge in [-0.25, -0.2) is 0 Å². The molecule has 0 heteroatoms. The van der Waals surface area contributed by atoms with E-state index in [1.165, 1.54) is 32.1 Å². The summed E-state index contributed by atoms with van der Waals surface area (Å²) in [4.78, 5) is 0. The first-order valence-electron chi connectivity index (χ1n) is 5.27. The lowest BCUT2D eigenvalue weighted by atomic mass is 9.73. The standard InChI is InChI=1S/C11H22/c1-4-10-6-7-11(5-2)9(3)8-10/h9-11H,4-8H2,1-3H3/t9-,10?,11?/m0/s1. The maximum atomic E-state index is 2.44. The molecule has 0 heterocycles. The third kappa shape index (κ3) is 2.21. The van der Waals surface area contributed by atoms with Crippen LogP contribution in [0.15, 0.2) is 0 Å². The predicted molar refractivity (Wildman–Crippen MR) is 50.6 cm³/mol. The molecule has 1 saturated carbocycles. The summed E-state index contributed by atoms with van der Waals surface area (Å²) in [5.74, 6) is 3.09. The minimum absolute atomic E-state index is 0.999. The van der Waals surface area contributed by atoms with Crippen molar-refractivity contribution >= 4 is 0 Å². The number of hydrogen-bond donors (Lipinski definition) is 0. The monoisotopic (exact) mass is 154 g/mol. The molecule has 66 valence electrons. The second-order valence-corrected chi connectivity index (χ2v) is 4.23. The molecule has 0 spiro atoms. The zero-order valence-electron chi connectivity index (χ0n) is 8.27. The van der Waals surface area contributed by atoms with E-state index in [4.69, 9.17) is 0 Å². The molecule has 2 unspecified atom stereocenters. The SMILES string of the molecule is CCC1CCC(CC)[C@@H](C)C1. The van der Waals surface area contributed by atoms with Crippen molar-refractivity contribution in [2.75, 3.05) is 0 Å². The summed E-state index contributed by atoms with van der Waals surface area (Å²) in [5.41, 5.74) is 0. The largest absolute Gasteiger partial charge is 0.0651 e. The maximum absolute atomic E-state index is 2.44. The second-order valence-electron chi connectivity index (χ2n) is 4.23. The van der Waals surface area contributed by atoms with Gasteiger partial charge in [-0.1, -0.05) is 40.0 Å². The third-order valence-electron chi connectivity index (χ3n) is 3.56. The first-order chi connectivity index (χ1) is 5.27. The molecule has 0 radical (unpaired) electrons. The van der Waals surface area contributed by atoms with E-state index in [0.717, 1.165) is 17.8 Å². The molecule has 0 amide bonds. The van der Waals surface area contributed by atoms with E-state index >= 15 is 0 Å². The minimum Gasteiger partial charge on any atom is -0.0651 e.